The molecule has 26 heavy (non-hydrogen) atoms. The van der Waals surface area contributed by atoms with E-state index in [4.69, 9.17) is 11.6 Å². The fourth-order valence-electron chi connectivity index (χ4n) is 3.14. The van der Waals surface area contributed by atoms with Gasteiger partial charge >= 0.3 is 0 Å². The molecule has 1 N–H and O–H groups in total. The second-order valence-electron chi connectivity index (χ2n) is 6.54. The van der Waals surface area contributed by atoms with E-state index in [1.165, 1.54) is 12.1 Å². The second-order valence-corrected chi connectivity index (χ2v) is 6.95. The predicted octanol–water partition coefficient (Wildman–Crippen LogP) is 4.28. The molecule has 1 fully saturated rings. The van der Waals surface area contributed by atoms with Crippen LogP contribution < -0.4 is 5.32 Å². The van der Waals surface area contributed by atoms with Gasteiger partial charge in [0, 0.05) is 13.1 Å². The Kier molecular flexibility index (Phi) is 5.57. The molecular weight excluding hydrogens is 355 g/mol. The molecule has 1 saturated heterocycles. The zero-order valence-electron chi connectivity index (χ0n) is 14.5. The SMILES string of the molecule is Cc1ccc(NC(=O)[C@H]2CCCN(C(=O)c3ccccc3F)C2)c(Cl)c1. The Hall–Kier alpha value is -2.40. The van der Waals surface area contributed by atoms with Gasteiger partial charge in [-0.15, -0.1) is 0 Å². The third-order valence-corrected chi connectivity index (χ3v) is 4.88. The van der Waals surface area contributed by atoms with E-state index in [-0.39, 0.29) is 29.8 Å². The van der Waals surface area contributed by atoms with Crippen molar-refractivity contribution in [2.45, 2.75) is 19.8 Å². The lowest BCUT2D eigenvalue weighted by atomic mass is 9.96. The number of aryl methyl sites for hydroxylation is 1. The molecule has 2 amide bonds. The van der Waals surface area contributed by atoms with E-state index in [2.05, 4.69) is 5.32 Å². The molecule has 0 aromatic heterocycles. The number of hydrogen-bond acceptors (Lipinski definition) is 2. The average molecular weight is 375 g/mol. The van der Waals surface area contributed by atoms with E-state index in [1.54, 1.807) is 29.2 Å². The highest BCUT2D eigenvalue weighted by Gasteiger charge is 2.30. The summed E-state index contributed by atoms with van der Waals surface area (Å²) in [5.74, 6) is -1.46. The molecule has 0 aliphatic carbocycles. The normalized spacial score (nSPS) is 17.0. The van der Waals surface area contributed by atoms with Crippen molar-refractivity contribution in [3.05, 3.63) is 64.4 Å². The van der Waals surface area contributed by atoms with E-state index in [1.807, 2.05) is 13.0 Å². The topological polar surface area (TPSA) is 49.4 Å². The molecule has 2 aromatic rings. The first-order valence-corrected chi connectivity index (χ1v) is 8.94. The Balaban J connectivity index is 1.69. The maximum absolute atomic E-state index is 13.9. The smallest absolute Gasteiger partial charge is 0.256 e. The van der Waals surface area contributed by atoms with E-state index >= 15 is 0 Å². The second kappa shape index (κ2) is 7.87. The molecule has 0 unspecified atom stereocenters. The van der Waals surface area contributed by atoms with Gasteiger partial charge in [0.2, 0.25) is 5.91 Å². The van der Waals surface area contributed by atoms with Crippen molar-refractivity contribution < 1.29 is 14.0 Å². The zero-order valence-corrected chi connectivity index (χ0v) is 15.2. The van der Waals surface area contributed by atoms with Crippen molar-refractivity contribution in [1.82, 2.24) is 4.90 Å². The molecule has 6 heteroatoms. The fraction of sp³-hybridized carbons (Fsp3) is 0.300. The molecule has 0 spiro atoms. The van der Waals surface area contributed by atoms with Crippen molar-refractivity contribution in [2.24, 2.45) is 5.92 Å². The lowest BCUT2D eigenvalue weighted by Crippen LogP contribution is -2.44. The lowest BCUT2D eigenvalue weighted by molar-refractivity contribution is -0.121. The van der Waals surface area contributed by atoms with Crippen LogP contribution in [-0.4, -0.2) is 29.8 Å². The summed E-state index contributed by atoms with van der Waals surface area (Å²) in [4.78, 5) is 26.7. The summed E-state index contributed by atoms with van der Waals surface area (Å²) in [6, 6.07) is 11.3. The summed E-state index contributed by atoms with van der Waals surface area (Å²) in [5, 5.41) is 3.31. The fourth-order valence-corrected chi connectivity index (χ4v) is 3.42. The van der Waals surface area contributed by atoms with Gasteiger partial charge in [0.05, 0.1) is 22.2 Å². The maximum Gasteiger partial charge on any atom is 0.256 e. The summed E-state index contributed by atoms with van der Waals surface area (Å²) in [5.41, 5.74) is 1.60. The predicted molar refractivity (Wildman–Crippen MR) is 99.8 cm³/mol. The van der Waals surface area contributed by atoms with Crippen LogP contribution in [0.1, 0.15) is 28.8 Å². The van der Waals surface area contributed by atoms with E-state index in [0.29, 0.717) is 30.1 Å². The third kappa shape index (κ3) is 4.05. The van der Waals surface area contributed by atoms with Gasteiger partial charge < -0.3 is 10.2 Å². The number of piperidine rings is 1. The van der Waals surface area contributed by atoms with Crippen LogP contribution >= 0.6 is 11.6 Å². The largest absolute Gasteiger partial charge is 0.338 e. The number of rotatable bonds is 3. The highest BCUT2D eigenvalue weighted by Crippen LogP contribution is 2.25. The first kappa shape index (κ1) is 18.4. The zero-order chi connectivity index (χ0) is 18.7. The third-order valence-electron chi connectivity index (χ3n) is 4.57. The molecule has 4 nitrogen and oxygen atoms in total. The van der Waals surface area contributed by atoms with Crippen molar-refractivity contribution in [2.75, 3.05) is 18.4 Å². The van der Waals surface area contributed by atoms with Crippen LogP contribution in [0.25, 0.3) is 0 Å². The molecule has 1 heterocycles. The minimum absolute atomic E-state index is 0.0372. The molecule has 3 rings (SSSR count). The van der Waals surface area contributed by atoms with Gasteiger partial charge in [-0.25, -0.2) is 4.39 Å². The molecule has 0 radical (unpaired) electrons. The minimum atomic E-state index is -0.546. The van der Waals surface area contributed by atoms with Crippen LogP contribution in [0.3, 0.4) is 0 Å². The van der Waals surface area contributed by atoms with Crippen LogP contribution in [0.4, 0.5) is 10.1 Å². The lowest BCUT2D eigenvalue weighted by Gasteiger charge is -2.32. The number of nitrogens with one attached hydrogen (secondary N) is 1. The van der Waals surface area contributed by atoms with Gasteiger partial charge in [-0.3, -0.25) is 9.59 Å². The molecule has 0 bridgehead atoms. The standard InChI is InChI=1S/C20H20ClFN2O2/c1-13-8-9-18(16(21)11-13)23-19(25)14-5-4-10-24(12-14)20(26)15-6-2-3-7-17(15)22/h2-3,6-9,11,14H,4-5,10,12H2,1H3,(H,23,25)/t14-/m0/s1. The summed E-state index contributed by atoms with van der Waals surface area (Å²) in [6.07, 6.45) is 1.37. The highest BCUT2D eigenvalue weighted by atomic mass is 35.5. The number of nitrogens with zero attached hydrogens (tertiary/aromatic N) is 1. The Labute approximate surface area is 157 Å². The number of carbonyl (C=O) groups excluding carboxylic acids is 2. The molecule has 136 valence electrons. The molecule has 1 aliphatic rings. The van der Waals surface area contributed by atoms with Crippen molar-refractivity contribution >= 4 is 29.1 Å². The van der Waals surface area contributed by atoms with E-state index in [9.17, 15) is 14.0 Å². The quantitative estimate of drug-likeness (QED) is 0.871. The first-order valence-electron chi connectivity index (χ1n) is 8.56. The van der Waals surface area contributed by atoms with Gasteiger partial charge in [0.25, 0.3) is 5.91 Å². The van der Waals surface area contributed by atoms with Gasteiger partial charge in [0.1, 0.15) is 5.82 Å². The van der Waals surface area contributed by atoms with Gasteiger partial charge in [-0.1, -0.05) is 29.8 Å². The van der Waals surface area contributed by atoms with Crippen LogP contribution in [0.5, 0.6) is 0 Å². The minimum Gasteiger partial charge on any atom is -0.338 e. The Morgan fingerprint density at radius 2 is 2.00 bits per heavy atom. The number of benzene rings is 2. The number of halogens is 2. The number of likely N-dealkylation sites (tertiary alicyclic amines) is 1. The van der Waals surface area contributed by atoms with Crippen LogP contribution in [0.2, 0.25) is 5.02 Å². The summed E-state index contributed by atoms with van der Waals surface area (Å²) >= 11 is 6.17. The van der Waals surface area contributed by atoms with Gasteiger partial charge in [-0.2, -0.15) is 0 Å². The summed E-state index contributed by atoms with van der Waals surface area (Å²) in [6.45, 7) is 2.70. The highest BCUT2D eigenvalue weighted by molar-refractivity contribution is 6.33. The monoisotopic (exact) mass is 374 g/mol. The van der Waals surface area contributed by atoms with Crippen molar-refractivity contribution in [1.29, 1.82) is 0 Å². The molecule has 0 saturated carbocycles. The Bertz CT molecular complexity index is 840. The van der Waals surface area contributed by atoms with E-state index < -0.39 is 5.82 Å². The average Bonchev–Trinajstić information content (AvgIpc) is 2.64. The Morgan fingerprint density at radius 3 is 2.73 bits per heavy atom. The molecular formula is C20H20ClFN2O2. The molecule has 1 atom stereocenters. The Morgan fingerprint density at radius 1 is 1.23 bits per heavy atom. The first-order chi connectivity index (χ1) is 12.5. The van der Waals surface area contributed by atoms with Crippen LogP contribution in [-0.2, 0) is 4.79 Å². The number of hydrogen-bond donors (Lipinski definition) is 1. The van der Waals surface area contributed by atoms with Crippen molar-refractivity contribution in [3.8, 4) is 0 Å². The van der Waals surface area contributed by atoms with Crippen LogP contribution in [0.15, 0.2) is 42.5 Å². The van der Waals surface area contributed by atoms with E-state index in [0.717, 1.165) is 5.56 Å². The molecule has 2 aromatic carbocycles. The summed E-state index contributed by atoms with van der Waals surface area (Å²) < 4.78 is 13.9. The van der Waals surface area contributed by atoms with Crippen molar-refractivity contribution in [3.63, 3.8) is 0 Å². The van der Waals surface area contributed by atoms with Gasteiger partial charge in [-0.05, 0) is 49.6 Å². The van der Waals surface area contributed by atoms with Gasteiger partial charge in [0.15, 0.2) is 0 Å². The number of anilines is 1. The summed E-state index contributed by atoms with van der Waals surface area (Å²) in [7, 11) is 0. The maximum atomic E-state index is 13.9. The number of amides is 2. The van der Waals surface area contributed by atoms with Crippen LogP contribution in [0, 0.1) is 18.7 Å². The molecule has 1 aliphatic heterocycles. The number of carbonyl (C=O) groups is 2.